The number of hydrogen-bond donors (Lipinski definition) is 1. The third-order valence-corrected chi connectivity index (χ3v) is 3.75. The van der Waals surface area contributed by atoms with Crippen molar-refractivity contribution < 1.29 is 9.18 Å². The Morgan fingerprint density at radius 1 is 1.14 bits per heavy atom. The normalized spacial score (nSPS) is 15.2. The van der Waals surface area contributed by atoms with Crippen LogP contribution in [0.1, 0.15) is 29.6 Å². The fourth-order valence-electron chi connectivity index (χ4n) is 2.58. The second-order valence-electron chi connectivity index (χ2n) is 5.18. The van der Waals surface area contributed by atoms with E-state index in [0.29, 0.717) is 11.3 Å². The van der Waals surface area contributed by atoms with E-state index >= 15 is 0 Å². The summed E-state index contributed by atoms with van der Waals surface area (Å²) in [7, 11) is 0. The quantitative estimate of drug-likeness (QED) is 0.921. The third kappa shape index (κ3) is 2.61. The van der Waals surface area contributed by atoms with Crippen LogP contribution in [-0.4, -0.2) is 33.7 Å². The van der Waals surface area contributed by atoms with Crippen LogP contribution < -0.4 is 5.73 Å². The smallest absolute Gasteiger partial charge is 0.259 e. The van der Waals surface area contributed by atoms with Gasteiger partial charge < -0.3 is 10.6 Å². The van der Waals surface area contributed by atoms with Crippen LogP contribution in [0.25, 0.3) is 5.69 Å². The number of nitrogens with two attached hydrogens (primary N) is 1. The molecule has 1 aromatic heterocycles. The molecule has 2 aromatic rings. The van der Waals surface area contributed by atoms with Gasteiger partial charge >= 0.3 is 0 Å². The molecule has 2 N–H and O–H groups in total. The highest BCUT2D eigenvalue weighted by molar-refractivity contribution is 5.98. The molecule has 0 atom stereocenters. The van der Waals surface area contributed by atoms with Gasteiger partial charge in [0, 0.05) is 13.1 Å². The Hall–Kier alpha value is -2.37. The molecule has 110 valence electrons. The highest BCUT2D eigenvalue weighted by atomic mass is 19.1. The second kappa shape index (κ2) is 5.55. The largest absolute Gasteiger partial charge is 0.383 e. The van der Waals surface area contributed by atoms with Gasteiger partial charge in [-0.25, -0.2) is 9.07 Å². The highest BCUT2D eigenvalue weighted by Crippen LogP contribution is 2.20. The van der Waals surface area contributed by atoms with Gasteiger partial charge in [0.15, 0.2) is 0 Å². The molecule has 6 heteroatoms. The lowest BCUT2D eigenvalue weighted by atomic mass is 10.1. The number of likely N-dealkylation sites (tertiary alicyclic amines) is 1. The average Bonchev–Trinajstić information content (AvgIpc) is 2.90. The molecular formula is C15H17FN4O. The monoisotopic (exact) mass is 288 g/mol. The number of aromatic nitrogens is 2. The van der Waals surface area contributed by atoms with Gasteiger partial charge in [0.05, 0.1) is 11.9 Å². The molecule has 1 amide bonds. The maximum absolute atomic E-state index is 13.0. The molecule has 0 bridgehead atoms. The van der Waals surface area contributed by atoms with Gasteiger partial charge in [-0.3, -0.25) is 4.79 Å². The van der Waals surface area contributed by atoms with Gasteiger partial charge in [0.1, 0.15) is 17.2 Å². The standard InChI is InChI=1S/C15H17FN4O/c16-11-4-6-12(7-5-11)20-14(17)13(10-18-20)15(21)19-8-2-1-3-9-19/h4-7,10H,1-3,8-9,17H2. The average molecular weight is 288 g/mol. The van der Waals surface area contributed by atoms with Crippen LogP contribution >= 0.6 is 0 Å². The van der Waals surface area contributed by atoms with Gasteiger partial charge in [-0.05, 0) is 43.5 Å². The van der Waals surface area contributed by atoms with Gasteiger partial charge in [-0.1, -0.05) is 0 Å². The first-order chi connectivity index (χ1) is 10.2. The zero-order valence-electron chi connectivity index (χ0n) is 11.6. The minimum atomic E-state index is -0.325. The number of halogens is 1. The number of nitrogens with zero attached hydrogens (tertiary/aromatic N) is 3. The Bertz CT molecular complexity index is 644. The van der Waals surface area contributed by atoms with E-state index in [1.54, 1.807) is 12.1 Å². The maximum Gasteiger partial charge on any atom is 0.259 e. The first-order valence-corrected chi connectivity index (χ1v) is 7.05. The summed E-state index contributed by atoms with van der Waals surface area (Å²) in [5.74, 6) is -0.119. The molecule has 1 saturated heterocycles. The number of carbonyl (C=O) groups excluding carboxylic acids is 1. The van der Waals surface area contributed by atoms with Crippen molar-refractivity contribution in [1.29, 1.82) is 0 Å². The fraction of sp³-hybridized carbons (Fsp3) is 0.333. The Balaban J connectivity index is 1.88. The topological polar surface area (TPSA) is 64.2 Å². The summed E-state index contributed by atoms with van der Waals surface area (Å²) >= 11 is 0. The SMILES string of the molecule is Nc1c(C(=O)N2CCCCC2)cnn1-c1ccc(F)cc1. The summed E-state index contributed by atoms with van der Waals surface area (Å²) in [4.78, 5) is 14.3. The molecule has 1 aliphatic heterocycles. The van der Waals surface area contributed by atoms with Crippen molar-refractivity contribution in [2.24, 2.45) is 0 Å². The summed E-state index contributed by atoms with van der Waals surface area (Å²) in [5, 5.41) is 4.15. The number of piperidine rings is 1. The molecule has 1 aromatic carbocycles. The number of anilines is 1. The molecule has 1 aliphatic rings. The maximum atomic E-state index is 13.0. The van der Waals surface area contributed by atoms with E-state index < -0.39 is 0 Å². The number of benzene rings is 1. The van der Waals surface area contributed by atoms with Crippen molar-refractivity contribution in [2.75, 3.05) is 18.8 Å². The van der Waals surface area contributed by atoms with Crippen LogP contribution in [0.2, 0.25) is 0 Å². The zero-order chi connectivity index (χ0) is 14.8. The van der Waals surface area contributed by atoms with Gasteiger partial charge in [0.25, 0.3) is 5.91 Å². The molecule has 5 nitrogen and oxygen atoms in total. The molecule has 1 fully saturated rings. The van der Waals surface area contributed by atoms with Gasteiger partial charge in [0.2, 0.25) is 0 Å². The van der Waals surface area contributed by atoms with Crippen molar-refractivity contribution >= 4 is 11.7 Å². The van der Waals surface area contributed by atoms with E-state index in [1.807, 2.05) is 4.90 Å². The molecule has 0 unspecified atom stereocenters. The number of carbonyl (C=O) groups is 1. The van der Waals surface area contributed by atoms with Crippen LogP contribution in [0.4, 0.5) is 10.2 Å². The number of nitrogen functional groups attached to an aromatic ring is 1. The fourth-order valence-corrected chi connectivity index (χ4v) is 2.58. The molecular weight excluding hydrogens is 271 g/mol. The molecule has 0 aliphatic carbocycles. The number of amides is 1. The van der Waals surface area contributed by atoms with E-state index in [2.05, 4.69) is 5.10 Å². The lowest BCUT2D eigenvalue weighted by Gasteiger charge is -2.26. The van der Waals surface area contributed by atoms with Crippen LogP contribution in [0.15, 0.2) is 30.5 Å². The predicted octanol–water partition coefficient (Wildman–Crippen LogP) is 2.22. The summed E-state index contributed by atoms with van der Waals surface area (Å²) in [6.45, 7) is 1.53. The molecule has 21 heavy (non-hydrogen) atoms. The lowest BCUT2D eigenvalue weighted by molar-refractivity contribution is 0.0725. The van der Waals surface area contributed by atoms with Gasteiger partial charge in [-0.15, -0.1) is 0 Å². The third-order valence-electron chi connectivity index (χ3n) is 3.75. The van der Waals surface area contributed by atoms with Crippen molar-refractivity contribution in [2.45, 2.75) is 19.3 Å². The van der Waals surface area contributed by atoms with Crippen molar-refractivity contribution in [3.8, 4) is 5.69 Å². The second-order valence-corrected chi connectivity index (χ2v) is 5.18. The summed E-state index contributed by atoms with van der Waals surface area (Å²) in [5.41, 5.74) is 7.08. The molecule has 0 spiro atoms. The molecule has 0 saturated carbocycles. The first kappa shape index (κ1) is 13.6. The number of hydrogen-bond acceptors (Lipinski definition) is 3. The van der Waals surface area contributed by atoms with E-state index in [4.69, 9.17) is 5.73 Å². The zero-order valence-corrected chi connectivity index (χ0v) is 11.6. The first-order valence-electron chi connectivity index (χ1n) is 7.05. The van der Waals surface area contributed by atoms with E-state index in [1.165, 1.54) is 23.0 Å². The highest BCUT2D eigenvalue weighted by Gasteiger charge is 2.23. The van der Waals surface area contributed by atoms with Crippen LogP contribution in [-0.2, 0) is 0 Å². The van der Waals surface area contributed by atoms with E-state index in [0.717, 1.165) is 32.4 Å². The molecule has 2 heterocycles. The minimum absolute atomic E-state index is 0.0828. The molecule has 0 radical (unpaired) electrons. The molecule has 3 rings (SSSR count). The van der Waals surface area contributed by atoms with Crippen LogP contribution in [0, 0.1) is 5.82 Å². The van der Waals surface area contributed by atoms with Crippen molar-refractivity contribution in [3.05, 3.63) is 41.8 Å². The minimum Gasteiger partial charge on any atom is -0.383 e. The lowest BCUT2D eigenvalue weighted by Crippen LogP contribution is -2.35. The van der Waals surface area contributed by atoms with Crippen molar-refractivity contribution in [1.82, 2.24) is 14.7 Å². The number of rotatable bonds is 2. The predicted molar refractivity (Wildman–Crippen MR) is 77.7 cm³/mol. The van der Waals surface area contributed by atoms with E-state index in [-0.39, 0.29) is 17.5 Å². The Kier molecular flexibility index (Phi) is 3.60. The summed E-state index contributed by atoms with van der Waals surface area (Å²) < 4.78 is 14.4. The van der Waals surface area contributed by atoms with Crippen LogP contribution in [0.5, 0.6) is 0 Å². The Labute approximate surface area is 122 Å². The van der Waals surface area contributed by atoms with Crippen molar-refractivity contribution in [3.63, 3.8) is 0 Å². The van der Waals surface area contributed by atoms with Gasteiger partial charge in [-0.2, -0.15) is 5.10 Å². The Morgan fingerprint density at radius 2 is 1.81 bits per heavy atom. The summed E-state index contributed by atoms with van der Waals surface area (Å²) in [6, 6.07) is 5.83. The van der Waals surface area contributed by atoms with E-state index in [9.17, 15) is 9.18 Å². The Morgan fingerprint density at radius 3 is 2.48 bits per heavy atom. The van der Waals surface area contributed by atoms with Crippen LogP contribution in [0.3, 0.4) is 0 Å². The summed E-state index contributed by atoms with van der Waals surface area (Å²) in [6.07, 6.45) is 4.69.